The Kier molecular flexibility index (Phi) is 7.81. The molecule has 0 amide bonds. The van der Waals surface area contributed by atoms with Crippen molar-refractivity contribution in [2.45, 2.75) is 42.7 Å². The maximum Gasteiger partial charge on any atom is 0.263 e. The first-order valence-corrected chi connectivity index (χ1v) is 15.8. The third-order valence-corrected chi connectivity index (χ3v) is 10.3. The summed E-state index contributed by atoms with van der Waals surface area (Å²) in [5, 5.41) is 0.324. The summed E-state index contributed by atoms with van der Waals surface area (Å²) in [6.07, 6.45) is 7.55. The van der Waals surface area contributed by atoms with E-state index >= 15 is 4.39 Å². The first-order valence-electron chi connectivity index (χ1n) is 13.9. The van der Waals surface area contributed by atoms with Gasteiger partial charge in [-0.15, -0.1) is 0 Å². The SMILES string of the molecule is CN1CCN(C2CCC(n3cc(-c4ccc(NS(=O)(=O)c5ccc(F)cc5Cl)c(F)c4)c4c(N)ncnc43)CC2)CC1. The van der Waals surface area contributed by atoms with Crippen LogP contribution in [-0.4, -0.2) is 72.0 Å². The summed E-state index contributed by atoms with van der Waals surface area (Å²) in [6.45, 7) is 4.39. The molecule has 2 aliphatic rings. The van der Waals surface area contributed by atoms with E-state index in [0.29, 0.717) is 28.2 Å². The van der Waals surface area contributed by atoms with Crippen molar-refractivity contribution in [3.63, 3.8) is 0 Å². The Labute approximate surface area is 248 Å². The number of sulfonamides is 1. The number of aromatic nitrogens is 3. The fourth-order valence-corrected chi connectivity index (χ4v) is 7.75. The molecule has 3 heterocycles. The Morgan fingerprint density at radius 3 is 2.38 bits per heavy atom. The fraction of sp³-hybridized carbons (Fsp3) is 0.379. The van der Waals surface area contributed by atoms with Gasteiger partial charge in [-0.3, -0.25) is 9.62 Å². The second-order valence-electron chi connectivity index (χ2n) is 11.1. The van der Waals surface area contributed by atoms with Gasteiger partial charge in [0.25, 0.3) is 10.0 Å². The zero-order chi connectivity index (χ0) is 29.6. The van der Waals surface area contributed by atoms with E-state index in [-0.39, 0.29) is 27.5 Å². The number of nitrogens with one attached hydrogen (secondary N) is 1. The number of nitrogens with two attached hydrogens (primary N) is 1. The lowest BCUT2D eigenvalue weighted by Crippen LogP contribution is -2.49. The van der Waals surface area contributed by atoms with Gasteiger partial charge in [0.2, 0.25) is 0 Å². The Bertz CT molecular complexity index is 1730. The number of rotatable bonds is 6. The number of benzene rings is 2. The number of likely N-dealkylation sites (N-methyl/N-ethyl adjacent to an activating group) is 1. The maximum atomic E-state index is 15.4. The van der Waals surface area contributed by atoms with Crippen LogP contribution in [0.25, 0.3) is 22.2 Å². The summed E-state index contributed by atoms with van der Waals surface area (Å²) < 4.78 is 58.8. The summed E-state index contributed by atoms with van der Waals surface area (Å²) in [5.41, 5.74) is 7.90. The average molecular weight is 616 g/mol. The van der Waals surface area contributed by atoms with Gasteiger partial charge in [-0.2, -0.15) is 0 Å². The summed E-state index contributed by atoms with van der Waals surface area (Å²) in [5.74, 6) is -1.19. The number of anilines is 2. The van der Waals surface area contributed by atoms with Crippen molar-refractivity contribution in [3.05, 3.63) is 65.6 Å². The van der Waals surface area contributed by atoms with Crippen LogP contribution in [0.3, 0.4) is 0 Å². The Hall–Kier alpha value is -3.32. The maximum absolute atomic E-state index is 15.4. The van der Waals surface area contributed by atoms with Crippen molar-refractivity contribution < 1.29 is 17.2 Å². The highest BCUT2D eigenvalue weighted by Gasteiger charge is 2.30. The molecule has 1 aliphatic heterocycles. The summed E-state index contributed by atoms with van der Waals surface area (Å²) >= 11 is 5.93. The number of halogens is 3. The van der Waals surface area contributed by atoms with Crippen LogP contribution in [0.1, 0.15) is 31.7 Å². The normalized spacial score (nSPS) is 20.7. The minimum Gasteiger partial charge on any atom is -0.383 e. The molecule has 6 rings (SSSR count). The number of nitrogens with zero attached hydrogens (tertiary/aromatic N) is 5. The molecule has 9 nitrogen and oxygen atoms in total. The molecule has 3 N–H and O–H groups in total. The summed E-state index contributed by atoms with van der Waals surface area (Å²) in [6, 6.07) is 7.88. The van der Waals surface area contributed by atoms with Crippen molar-refractivity contribution >= 4 is 44.2 Å². The topological polar surface area (TPSA) is 109 Å². The zero-order valence-electron chi connectivity index (χ0n) is 23.1. The first kappa shape index (κ1) is 28.8. The van der Waals surface area contributed by atoms with Gasteiger partial charge >= 0.3 is 0 Å². The third kappa shape index (κ3) is 5.56. The molecule has 0 unspecified atom stereocenters. The van der Waals surface area contributed by atoms with E-state index in [9.17, 15) is 12.8 Å². The zero-order valence-corrected chi connectivity index (χ0v) is 24.7. The van der Waals surface area contributed by atoms with Crippen LogP contribution < -0.4 is 10.5 Å². The molecule has 0 atom stereocenters. The predicted octanol–water partition coefficient (Wildman–Crippen LogP) is 5.14. The first-order chi connectivity index (χ1) is 20.1. The van der Waals surface area contributed by atoms with E-state index in [1.807, 2.05) is 6.20 Å². The van der Waals surface area contributed by atoms with Gasteiger partial charge in [-0.1, -0.05) is 17.7 Å². The van der Waals surface area contributed by atoms with Crippen LogP contribution >= 0.6 is 11.6 Å². The van der Waals surface area contributed by atoms with Crippen molar-refractivity contribution in [1.29, 1.82) is 0 Å². The van der Waals surface area contributed by atoms with Gasteiger partial charge in [-0.05, 0) is 68.6 Å². The Balaban J connectivity index is 1.26. The number of nitrogen functional groups attached to an aromatic ring is 1. The molecule has 222 valence electrons. The van der Waals surface area contributed by atoms with Gasteiger partial charge < -0.3 is 15.2 Å². The lowest BCUT2D eigenvalue weighted by atomic mass is 9.89. The fourth-order valence-electron chi connectivity index (χ4n) is 6.15. The lowest BCUT2D eigenvalue weighted by Gasteiger charge is -2.41. The van der Waals surface area contributed by atoms with E-state index in [2.05, 4.69) is 36.1 Å². The molecule has 42 heavy (non-hydrogen) atoms. The molecule has 13 heteroatoms. The van der Waals surface area contributed by atoms with Crippen molar-refractivity contribution in [2.75, 3.05) is 43.7 Å². The lowest BCUT2D eigenvalue weighted by molar-refractivity contribution is 0.0828. The third-order valence-electron chi connectivity index (χ3n) is 8.46. The summed E-state index contributed by atoms with van der Waals surface area (Å²) in [4.78, 5) is 13.4. The van der Waals surface area contributed by atoms with Gasteiger partial charge in [0.05, 0.1) is 16.1 Å². The number of hydrogen-bond acceptors (Lipinski definition) is 7. The minimum atomic E-state index is -4.27. The molecular formula is C29H32ClF2N7O2S. The standard InChI is InChI=1S/C29H32ClF2N7O2S/c1-37-10-12-38(13-11-37)20-4-6-21(7-5-20)39-16-22(27-28(33)34-17-35-29(27)39)18-2-8-25(24(32)14-18)36-42(40,41)26-9-3-19(31)15-23(26)30/h2-3,8-9,14-17,20-21,36H,4-7,10-13H2,1H3,(H2,33,34,35). The smallest absolute Gasteiger partial charge is 0.263 e. The van der Waals surface area contributed by atoms with E-state index in [0.717, 1.165) is 70.1 Å². The van der Waals surface area contributed by atoms with Gasteiger partial charge in [0.1, 0.15) is 34.3 Å². The molecule has 0 bridgehead atoms. The van der Waals surface area contributed by atoms with E-state index in [1.54, 1.807) is 6.07 Å². The largest absolute Gasteiger partial charge is 0.383 e. The van der Waals surface area contributed by atoms with Crippen molar-refractivity contribution in [1.82, 2.24) is 24.3 Å². The van der Waals surface area contributed by atoms with Gasteiger partial charge in [-0.25, -0.2) is 27.2 Å². The van der Waals surface area contributed by atoms with Gasteiger partial charge in [0.15, 0.2) is 0 Å². The average Bonchev–Trinajstić information content (AvgIpc) is 3.35. The quantitative estimate of drug-likeness (QED) is 0.309. The number of hydrogen-bond donors (Lipinski definition) is 2. The molecule has 2 fully saturated rings. The monoisotopic (exact) mass is 615 g/mol. The molecule has 1 aliphatic carbocycles. The molecule has 0 spiro atoms. The number of piperazine rings is 1. The van der Waals surface area contributed by atoms with E-state index < -0.39 is 21.7 Å². The van der Waals surface area contributed by atoms with Crippen LogP contribution in [0.4, 0.5) is 20.3 Å². The van der Waals surface area contributed by atoms with E-state index in [4.69, 9.17) is 17.3 Å². The molecule has 1 saturated carbocycles. The Morgan fingerprint density at radius 1 is 0.976 bits per heavy atom. The van der Waals surface area contributed by atoms with Gasteiger partial charge in [0, 0.05) is 50.0 Å². The van der Waals surface area contributed by atoms with Crippen LogP contribution in [0.15, 0.2) is 53.8 Å². The van der Waals surface area contributed by atoms with Crippen LogP contribution in [0.2, 0.25) is 5.02 Å². The molecule has 2 aromatic carbocycles. The van der Waals surface area contributed by atoms with Crippen LogP contribution in [0.5, 0.6) is 0 Å². The highest BCUT2D eigenvalue weighted by Crippen LogP contribution is 2.40. The Morgan fingerprint density at radius 2 is 1.69 bits per heavy atom. The molecule has 4 aromatic rings. The molecule has 1 saturated heterocycles. The van der Waals surface area contributed by atoms with E-state index in [1.165, 1.54) is 18.5 Å². The minimum absolute atomic E-state index is 0.218. The van der Waals surface area contributed by atoms with Crippen molar-refractivity contribution in [3.8, 4) is 11.1 Å². The highest BCUT2D eigenvalue weighted by atomic mass is 35.5. The van der Waals surface area contributed by atoms with Crippen molar-refractivity contribution in [2.24, 2.45) is 0 Å². The molecular weight excluding hydrogens is 584 g/mol. The van der Waals surface area contributed by atoms with Crippen LogP contribution in [0, 0.1) is 11.6 Å². The number of fused-ring (bicyclic) bond motifs is 1. The molecule has 2 aromatic heterocycles. The molecule has 0 radical (unpaired) electrons. The highest BCUT2D eigenvalue weighted by molar-refractivity contribution is 7.92. The second-order valence-corrected chi connectivity index (χ2v) is 13.1. The predicted molar refractivity (Wildman–Crippen MR) is 160 cm³/mol. The second kappa shape index (κ2) is 11.4. The van der Waals surface area contributed by atoms with Crippen LogP contribution in [-0.2, 0) is 10.0 Å². The summed E-state index contributed by atoms with van der Waals surface area (Å²) in [7, 11) is -2.10.